The van der Waals surface area contributed by atoms with Crippen LogP contribution in [0.1, 0.15) is 16.8 Å². The summed E-state index contributed by atoms with van der Waals surface area (Å²) in [5.74, 6) is -2.13. The van der Waals surface area contributed by atoms with Gasteiger partial charge in [0.15, 0.2) is 15.6 Å². The number of esters is 1. The zero-order chi connectivity index (χ0) is 14.5. The van der Waals surface area contributed by atoms with E-state index in [1.165, 1.54) is 7.11 Å². The van der Waals surface area contributed by atoms with Gasteiger partial charge >= 0.3 is 5.97 Å². The Morgan fingerprint density at radius 2 is 1.89 bits per heavy atom. The van der Waals surface area contributed by atoms with E-state index in [2.05, 4.69) is 20.7 Å². The Morgan fingerprint density at radius 1 is 1.26 bits per heavy atom. The number of benzene rings is 1. The average molecular weight is 349 g/mol. The Morgan fingerprint density at radius 3 is 2.47 bits per heavy atom. The Balaban J connectivity index is 2.71. The van der Waals surface area contributed by atoms with Gasteiger partial charge in [0.2, 0.25) is 0 Å². The molecule has 0 fully saturated rings. The van der Waals surface area contributed by atoms with Crippen LogP contribution in [0.15, 0.2) is 28.7 Å². The molecule has 0 amide bonds. The summed E-state index contributed by atoms with van der Waals surface area (Å²) in [5, 5.41) is 0. The van der Waals surface area contributed by atoms with Crippen molar-refractivity contribution in [3.05, 3.63) is 34.3 Å². The molecule has 19 heavy (non-hydrogen) atoms. The Labute approximate surface area is 120 Å². The van der Waals surface area contributed by atoms with Gasteiger partial charge in [-0.15, -0.1) is 0 Å². The smallest absolute Gasteiger partial charge is 0.306 e. The van der Waals surface area contributed by atoms with E-state index >= 15 is 0 Å². The van der Waals surface area contributed by atoms with Crippen LogP contribution in [0.2, 0.25) is 0 Å². The number of hydrogen-bond acceptors (Lipinski definition) is 5. The average Bonchev–Trinajstić information content (AvgIpc) is 2.36. The van der Waals surface area contributed by atoms with E-state index in [4.69, 9.17) is 0 Å². The summed E-state index contributed by atoms with van der Waals surface area (Å²) < 4.78 is 28.3. The summed E-state index contributed by atoms with van der Waals surface area (Å²) in [6.45, 7) is 0. The first-order valence-corrected chi connectivity index (χ1v) is 8.02. The number of rotatable bonds is 6. The third-order valence-electron chi connectivity index (χ3n) is 2.37. The molecule has 0 N–H and O–H groups in total. The first-order chi connectivity index (χ1) is 8.85. The molecule has 1 aromatic carbocycles. The third-order valence-corrected chi connectivity index (χ3v) is 4.59. The number of carbonyl (C=O) groups is 2. The number of carbonyl (C=O) groups excluding carboxylic acids is 2. The summed E-state index contributed by atoms with van der Waals surface area (Å²) >= 11 is 3.19. The van der Waals surface area contributed by atoms with E-state index in [0.29, 0.717) is 10.0 Å². The van der Waals surface area contributed by atoms with Crippen LogP contribution >= 0.6 is 15.9 Å². The Hall–Kier alpha value is -1.21. The summed E-state index contributed by atoms with van der Waals surface area (Å²) in [6.07, 6.45) is -0.248. The topological polar surface area (TPSA) is 77.5 Å². The van der Waals surface area contributed by atoms with E-state index in [1.54, 1.807) is 24.3 Å². The number of halogens is 1. The number of hydrogen-bond donors (Lipinski definition) is 0. The van der Waals surface area contributed by atoms with Crippen LogP contribution in [0.5, 0.6) is 0 Å². The van der Waals surface area contributed by atoms with Crippen LogP contribution in [-0.4, -0.2) is 38.8 Å². The number of methoxy groups -OCH3 is 1. The lowest BCUT2D eigenvalue weighted by atomic mass is 10.1. The zero-order valence-corrected chi connectivity index (χ0v) is 12.7. The molecule has 7 heteroatoms. The first kappa shape index (κ1) is 15.8. The predicted octanol–water partition coefficient (Wildman–Crippen LogP) is 1.61. The predicted molar refractivity (Wildman–Crippen MR) is 73.8 cm³/mol. The summed E-state index contributed by atoms with van der Waals surface area (Å²) in [7, 11) is -2.44. The highest BCUT2D eigenvalue weighted by Gasteiger charge is 2.20. The minimum atomic E-state index is -3.62. The molecule has 0 radical (unpaired) electrons. The molecule has 0 aliphatic carbocycles. The van der Waals surface area contributed by atoms with Gasteiger partial charge < -0.3 is 4.74 Å². The molecule has 0 unspecified atom stereocenters. The lowest BCUT2D eigenvalue weighted by molar-refractivity contribution is -0.140. The van der Waals surface area contributed by atoms with Crippen molar-refractivity contribution >= 4 is 37.5 Å². The van der Waals surface area contributed by atoms with Crippen molar-refractivity contribution < 1.29 is 22.7 Å². The van der Waals surface area contributed by atoms with Gasteiger partial charge in [-0.3, -0.25) is 9.59 Å². The highest BCUT2D eigenvalue weighted by atomic mass is 79.9. The van der Waals surface area contributed by atoms with E-state index in [-0.39, 0.29) is 6.42 Å². The molecular weight excluding hydrogens is 336 g/mol. The van der Waals surface area contributed by atoms with E-state index in [0.717, 1.165) is 0 Å². The van der Waals surface area contributed by atoms with Crippen LogP contribution in [-0.2, 0) is 19.4 Å². The second kappa shape index (κ2) is 6.81. The van der Waals surface area contributed by atoms with Crippen molar-refractivity contribution in [1.29, 1.82) is 0 Å². The van der Waals surface area contributed by atoms with Gasteiger partial charge in [-0.05, 0) is 6.07 Å². The number of ether oxygens (including phenoxy) is 1. The molecule has 0 saturated carbocycles. The van der Waals surface area contributed by atoms with Gasteiger partial charge in [-0.25, -0.2) is 8.42 Å². The monoisotopic (exact) mass is 348 g/mol. The summed E-state index contributed by atoms with van der Waals surface area (Å²) in [5.41, 5.74) is 0.309. The molecular formula is C12H13BrO5S. The molecule has 104 valence electrons. The zero-order valence-electron chi connectivity index (χ0n) is 10.3. The Kier molecular flexibility index (Phi) is 5.68. The van der Waals surface area contributed by atoms with Gasteiger partial charge in [0.25, 0.3) is 0 Å². The molecule has 0 aliphatic rings. The SMILES string of the molecule is COC(=O)CCS(=O)(=O)CC(=O)c1ccccc1Br. The molecule has 0 heterocycles. The lowest BCUT2D eigenvalue weighted by Crippen LogP contribution is -2.21. The van der Waals surface area contributed by atoms with Crippen LogP contribution in [0, 0.1) is 0 Å². The summed E-state index contributed by atoms with van der Waals surface area (Å²) in [4.78, 5) is 22.8. The third kappa shape index (κ3) is 5.12. The van der Waals surface area contributed by atoms with Crippen molar-refractivity contribution in [2.24, 2.45) is 0 Å². The second-order valence-corrected chi connectivity index (χ2v) is 6.86. The van der Waals surface area contributed by atoms with Gasteiger partial charge in [-0.2, -0.15) is 0 Å². The highest BCUT2D eigenvalue weighted by Crippen LogP contribution is 2.17. The van der Waals surface area contributed by atoms with Crippen molar-refractivity contribution in [2.75, 3.05) is 18.6 Å². The summed E-state index contributed by atoms with van der Waals surface area (Å²) in [6, 6.07) is 6.59. The fraction of sp³-hybridized carbons (Fsp3) is 0.333. The molecule has 0 aliphatic heterocycles. The molecule has 1 aromatic rings. The van der Waals surface area contributed by atoms with Crippen LogP contribution in [0.25, 0.3) is 0 Å². The maximum Gasteiger partial charge on any atom is 0.306 e. The quantitative estimate of drug-likeness (QED) is 0.576. The molecule has 0 aromatic heterocycles. The maximum absolute atomic E-state index is 11.9. The molecule has 0 saturated heterocycles. The standard InChI is InChI=1S/C12H13BrO5S/c1-18-12(15)6-7-19(16,17)8-11(14)9-4-2-3-5-10(9)13/h2-5H,6-8H2,1H3. The van der Waals surface area contributed by atoms with Crippen LogP contribution in [0.3, 0.4) is 0 Å². The molecule has 0 atom stereocenters. The van der Waals surface area contributed by atoms with E-state index in [9.17, 15) is 18.0 Å². The molecule has 5 nitrogen and oxygen atoms in total. The van der Waals surface area contributed by atoms with Crippen molar-refractivity contribution in [3.8, 4) is 0 Å². The lowest BCUT2D eigenvalue weighted by Gasteiger charge is -2.05. The molecule has 0 spiro atoms. The highest BCUT2D eigenvalue weighted by molar-refractivity contribution is 9.10. The van der Waals surface area contributed by atoms with Crippen molar-refractivity contribution in [1.82, 2.24) is 0 Å². The van der Waals surface area contributed by atoms with Gasteiger partial charge in [-0.1, -0.05) is 34.1 Å². The fourth-order valence-electron chi connectivity index (χ4n) is 1.38. The van der Waals surface area contributed by atoms with Gasteiger partial charge in [0.05, 0.1) is 19.3 Å². The minimum absolute atomic E-state index is 0.248. The van der Waals surface area contributed by atoms with Crippen LogP contribution < -0.4 is 0 Å². The van der Waals surface area contributed by atoms with Gasteiger partial charge in [0, 0.05) is 10.0 Å². The maximum atomic E-state index is 11.9. The minimum Gasteiger partial charge on any atom is -0.469 e. The van der Waals surface area contributed by atoms with Crippen molar-refractivity contribution in [3.63, 3.8) is 0 Å². The Bertz CT molecular complexity index is 580. The number of Topliss-reactive ketones (excluding diaryl/α,β-unsaturated/α-hetero) is 1. The van der Waals surface area contributed by atoms with Gasteiger partial charge in [0.1, 0.15) is 5.75 Å². The number of sulfone groups is 1. The normalized spacial score (nSPS) is 11.1. The van der Waals surface area contributed by atoms with E-state index in [1.807, 2.05) is 0 Å². The molecule has 1 rings (SSSR count). The first-order valence-electron chi connectivity index (χ1n) is 5.40. The molecule has 0 bridgehead atoms. The second-order valence-electron chi connectivity index (χ2n) is 3.82. The van der Waals surface area contributed by atoms with Crippen LogP contribution in [0.4, 0.5) is 0 Å². The fourth-order valence-corrected chi connectivity index (χ4v) is 3.06. The van der Waals surface area contributed by atoms with Crippen molar-refractivity contribution in [2.45, 2.75) is 6.42 Å². The number of ketones is 1. The van der Waals surface area contributed by atoms with E-state index < -0.39 is 33.1 Å². The largest absolute Gasteiger partial charge is 0.469 e.